The molecule has 2 heterocycles. The lowest BCUT2D eigenvalue weighted by Crippen LogP contribution is -2.21. The molecule has 3 rings (SSSR count). The number of hydrogen-bond acceptors (Lipinski definition) is 5. The van der Waals surface area contributed by atoms with Crippen LogP contribution in [0.15, 0.2) is 24.4 Å². The van der Waals surface area contributed by atoms with Gasteiger partial charge in [0, 0.05) is 18.1 Å². The van der Waals surface area contributed by atoms with Crippen LogP contribution in [0.2, 0.25) is 5.02 Å². The van der Waals surface area contributed by atoms with Gasteiger partial charge in [0.25, 0.3) is 0 Å². The number of alkyl halides is 3. The zero-order valence-electron chi connectivity index (χ0n) is 11.9. The first kappa shape index (κ1) is 15.8. The SMILES string of the molecule is FC(F)(F)c1cc(Cl)ccc1Nc1cnnc(N2CCCC2)n1. The first-order chi connectivity index (χ1) is 10.9. The van der Waals surface area contributed by atoms with Gasteiger partial charge in [0.15, 0.2) is 5.82 Å². The standard InChI is InChI=1S/C14H13ClF3N5/c15-9-3-4-11(10(7-9)14(16,17)18)20-12-8-19-22-13(21-12)23-5-1-2-6-23/h3-4,7-8H,1-2,5-6H2,(H,20,21,22). The molecule has 0 aliphatic carbocycles. The summed E-state index contributed by atoms with van der Waals surface area (Å²) >= 11 is 5.66. The summed E-state index contributed by atoms with van der Waals surface area (Å²) in [5, 5.41) is 10.4. The smallest absolute Gasteiger partial charge is 0.339 e. The van der Waals surface area contributed by atoms with Gasteiger partial charge in [-0.1, -0.05) is 11.6 Å². The quantitative estimate of drug-likeness (QED) is 0.916. The summed E-state index contributed by atoms with van der Waals surface area (Å²) in [6, 6.07) is 3.53. The second kappa shape index (κ2) is 6.19. The molecule has 5 nitrogen and oxygen atoms in total. The van der Waals surface area contributed by atoms with Crippen molar-refractivity contribution in [2.75, 3.05) is 23.3 Å². The molecule has 0 amide bonds. The van der Waals surface area contributed by atoms with Crippen molar-refractivity contribution in [3.05, 3.63) is 35.0 Å². The highest BCUT2D eigenvalue weighted by molar-refractivity contribution is 6.30. The molecule has 0 saturated carbocycles. The van der Waals surface area contributed by atoms with Crippen LogP contribution in [0.4, 0.5) is 30.6 Å². The molecule has 0 radical (unpaired) electrons. The predicted octanol–water partition coefficient (Wildman–Crippen LogP) is 3.89. The molecule has 1 fully saturated rings. The van der Waals surface area contributed by atoms with Crippen LogP contribution in [0.25, 0.3) is 0 Å². The monoisotopic (exact) mass is 343 g/mol. The van der Waals surface area contributed by atoms with Crippen LogP contribution in [0, 0.1) is 0 Å². The lowest BCUT2D eigenvalue weighted by atomic mass is 10.1. The summed E-state index contributed by atoms with van der Waals surface area (Å²) in [5.41, 5.74) is -0.985. The van der Waals surface area contributed by atoms with Crippen LogP contribution in [-0.2, 0) is 6.18 Å². The Labute approximate surface area is 135 Å². The van der Waals surface area contributed by atoms with Gasteiger partial charge >= 0.3 is 6.18 Å². The minimum absolute atomic E-state index is 0.0152. The van der Waals surface area contributed by atoms with Crippen molar-refractivity contribution in [2.45, 2.75) is 19.0 Å². The number of halogens is 4. The van der Waals surface area contributed by atoms with Crippen molar-refractivity contribution in [1.29, 1.82) is 0 Å². The molecular formula is C14H13ClF3N5. The fourth-order valence-corrected chi connectivity index (χ4v) is 2.58. The van der Waals surface area contributed by atoms with E-state index in [1.807, 2.05) is 4.90 Å². The number of nitrogens with zero attached hydrogens (tertiary/aromatic N) is 4. The first-order valence-electron chi connectivity index (χ1n) is 7.02. The zero-order chi connectivity index (χ0) is 16.4. The van der Waals surface area contributed by atoms with Gasteiger partial charge in [-0.15, -0.1) is 5.10 Å². The van der Waals surface area contributed by atoms with E-state index in [1.54, 1.807) is 0 Å². The van der Waals surface area contributed by atoms with Crippen LogP contribution >= 0.6 is 11.6 Å². The van der Waals surface area contributed by atoms with E-state index in [4.69, 9.17) is 11.6 Å². The van der Waals surface area contributed by atoms with Crippen LogP contribution in [0.5, 0.6) is 0 Å². The summed E-state index contributed by atoms with van der Waals surface area (Å²) in [6.07, 6.45) is -1.16. The number of aromatic nitrogens is 3. The van der Waals surface area contributed by atoms with E-state index in [9.17, 15) is 13.2 Å². The fraction of sp³-hybridized carbons (Fsp3) is 0.357. The van der Waals surface area contributed by atoms with Gasteiger partial charge in [0.05, 0.1) is 17.4 Å². The molecule has 1 aromatic heterocycles. The van der Waals surface area contributed by atoms with E-state index in [0.717, 1.165) is 32.0 Å². The maximum absolute atomic E-state index is 13.1. The third kappa shape index (κ3) is 3.64. The van der Waals surface area contributed by atoms with Gasteiger partial charge in [-0.05, 0) is 31.0 Å². The van der Waals surface area contributed by atoms with Crippen LogP contribution in [0.1, 0.15) is 18.4 Å². The Morgan fingerprint density at radius 3 is 2.61 bits per heavy atom. The third-order valence-electron chi connectivity index (χ3n) is 3.49. The van der Waals surface area contributed by atoms with Crippen molar-refractivity contribution in [3.8, 4) is 0 Å². The van der Waals surface area contributed by atoms with Gasteiger partial charge in [-0.25, -0.2) is 0 Å². The molecule has 2 aromatic rings. The Hall–Kier alpha value is -2.09. The number of hydrogen-bond donors (Lipinski definition) is 1. The third-order valence-corrected chi connectivity index (χ3v) is 3.72. The minimum atomic E-state index is -4.52. The number of nitrogens with one attached hydrogen (secondary N) is 1. The molecule has 1 aliphatic heterocycles. The normalized spacial score (nSPS) is 15.0. The van der Waals surface area contributed by atoms with Crippen LogP contribution in [-0.4, -0.2) is 28.3 Å². The largest absolute Gasteiger partial charge is 0.418 e. The molecule has 122 valence electrons. The molecule has 0 unspecified atom stereocenters. The lowest BCUT2D eigenvalue weighted by molar-refractivity contribution is -0.136. The molecule has 0 spiro atoms. The average Bonchev–Trinajstić information content (AvgIpc) is 3.03. The van der Waals surface area contributed by atoms with Crippen molar-refractivity contribution in [1.82, 2.24) is 15.2 Å². The van der Waals surface area contributed by atoms with Gasteiger partial charge < -0.3 is 10.2 Å². The zero-order valence-corrected chi connectivity index (χ0v) is 12.7. The lowest BCUT2D eigenvalue weighted by Gasteiger charge is -2.17. The summed E-state index contributed by atoms with van der Waals surface area (Å²) in [7, 11) is 0. The summed E-state index contributed by atoms with van der Waals surface area (Å²) < 4.78 is 39.3. The molecule has 23 heavy (non-hydrogen) atoms. The topological polar surface area (TPSA) is 53.9 Å². The Kier molecular flexibility index (Phi) is 4.25. The van der Waals surface area contributed by atoms with E-state index >= 15 is 0 Å². The Morgan fingerprint density at radius 1 is 1.17 bits per heavy atom. The molecule has 1 aromatic carbocycles. The van der Waals surface area contributed by atoms with E-state index < -0.39 is 11.7 Å². The van der Waals surface area contributed by atoms with Crippen molar-refractivity contribution < 1.29 is 13.2 Å². The minimum Gasteiger partial charge on any atom is -0.339 e. The maximum Gasteiger partial charge on any atom is 0.418 e. The maximum atomic E-state index is 13.1. The van der Waals surface area contributed by atoms with E-state index in [0.29, 0.717) is 5.95 Å². The Balaban J connectivity index is 1.89. The molecule has 1 saturated heterocycles. The highest BCUT2D eigenvalue weighted by Gasteiger charge is 2.34. The molecule has 1 N–H and O–H groups in total. The fourth-order valence-electron chi connectivity index (χ4n) is 2.40. The second-order valence-electron chi connectivity index (χ2n) is 5.15. The van der Waals surface area contributed by atoms with Crippen molar-refractivity contribution in [3.63, 3.8) is 0 Å². The summed E-state index contributed by atoms with van der Waals surface area (Å²) in [4.78, 5) is 6.19. The Bertz CT molecular complexity index is 701. The molecule has 0 bridgehead atoms. The highest BCUT2D eigenvalue weighted by Crippen LogP contribution is 2.37. The van der Waals surface area contributed by atoms with Crippen molar-refractivity contribution >= 4 is 29.1 Å². The van der Waals surface area contributed by atoms with Gasteiger partial charge in [-0.2, -0.15) is 23.3 Å². The van der Waals surface area contributed by atoms with Crippen molar-refractivity contribution in [2.24, 2.45) is 0 Å². The summed E-state index contributed by atoms with van der Waals surface area (Å²) in [5.74, 6) is 0.616. The van der Waals surface area contributed by atoms with Gasteiger partial charge in [0.1, 0.15) is 0 Å². The Morgan fingerprint density at radius 2 is 1.91 bits per heavy atom. The number of benzene rings is 1. The second-order valence-corrected chi connectivity index (χ2v) is 5.58. The molecule has 1 aliphatic rings. The average molecular weight is 344 g/mol. The van der Waals surface area contributed by atoms with Gasteiger partial charge in [0.2, 0.25) is 5.95 Å². The van der Waals surface area contributed by atoms with E-state index in [1.165, 1.54) is 18.3 Å². The summed E-state index contributed by atoms with van der Waals surface area (Å²) in [6.45, 7) is 1.64. The van der Waals surface area contributed by atoms with E-state index in [2.05, 4.69) is 20.5 Å². The molecular weight excluding hydrogens is 331 g/mol. The molecule has 9 heteroatoms. The molecule has 0 atom stereocenters. The van der Waals surface area contributed by atoms with Crippen LogP contribution in [0.3, 0.4) is 0 Å². The number of rotatable bonds is 3. The van der Waals surface area contributed by atoms with Crippen LogP contribution < -0.4 is 10.2 Å². The number of anilines is 3. The first-order valence-corrected chi connectivity index (χ1v) is 7.40. The van der Waals surface area contributed by atoms with E-state index in [-0.39, 0.29) is 16.5 Å². The predicted molar refractivity (Wildman–Crippen MR) is 81.0 cm³/mol. The highest BCUT2D eigenvalue weighted by atomic mass is 35.5. The van der Waals surface area contributed by atoms with Gasteiger partial charge in [-0.3, -0.25) is 0 Å².